The first-order valence-corrected chi connectivity index (χ1v) is 10.9. The molecule has 1 atom stereocenters. The Bertz CT molecular complexity index is 858. The zero-order chi connectivity index (χ0) is 15.6. The van der Waals surface area contributed by atoms with E-state index in [-0.39, 0.29) is 14.5 Å². The first kappa shape index (κ1) is 14.8. The molecule has 0 saturated heterocycles. The quantitative estimate of drug-likeness (QED) is 0.635. The molecule has 114 valence electrons. The van der Waals surface area contributed by atoms with Gasteiger partial charge in [-0.2, -0.15) is 0 Å². The number of carbonyl (C=O) groups is 1. The molecule has 2 aliphatic rings. The summed E-state index contributed by atoms with van der Waals surface area (Å²) in [6.45, 7) is 0. The first-order valence-electron chi connectivity index (χ1n) is 7.00. The van der Waals surface area contributed by atoms with Crippen LogP contribution < -0.4 is 5.32 Å². The monoisotopic (exact) mass is 356 g/mol. The van der Waals surface area contributed by atoms with Crippen molar-refractivity contribution < 1.29 is 4.79 Å². The third kappa shape index (κ3) is 3.15. The number of amidine groups is 1. The third-order valence-corrected chi connectivity index (χ3v) is 9.18. The van der Waals surface area contributed by atoms with Crippen LogP contribution in [0, 0.1) is 0 Å². The van der Waals surface area contributed by atoms with E-state index in [0.29, 0.717) is 10.7 Å². The first-order chi connectivity index (χ1) is 11.3. The number of carbonyl (C=O) groups excluding carboxylic acids is 1. The Labute approximate surface area is 144 Å². The predicted molar refractivity (Wildman–Crippen MR) is 104 cm³/mol. The van der Waals surface area contributed by atoms with Crippen molar-refractivity contribution in [3.63, 3.8) is 0 Å². The van der Waals surface area contributed by atoms with E-state index >= 15 is 0 Å². The number of amides is 1. The van der Waals surface area contributed by atoms with Crippen molar-refractivity contribution >= 4 is 51.1 Å². The van der Waals surface area contributed by atoms with Gasteiger partial charge in [-0.25, -0.2) is 4.99 Å². The molecule has 1 unspecified atom stereocenters. The van der Waals surface area contributed by atoms with Gasteiger partial charge in [-0.05, 0) is 43.1 Å². The molecular weight excluding hydrogens is 344 g/mol. The van der Waals surface area contributed by atoms with Gasteiger partial charge in [0.25, 0.3) is 5.91 Å². The Morgan fingerprint density at radius 3 is 2.35 bits per heavy atom. The highest BCUT2D eigenvalue weighted by molar-refractivity contribution is 9.20. The standard InChI is InChI=1S/C17H12N2OS3/c20-16(13-9-5-2-6-10-13)19-17-18-15-11-14(21-23(15)22-17)12-7-3-1-4-8-12/h1-11H,(H,18,19,20). The van der Waals surface area contributed by atoms with Gasteiger partial charge in [-0.15, -0.1) is 0 Å². The van der Waals surface area contributed by atoms with E-state index in [1.807, 2.05) is 47.2 Å². The molecule has 0 aliphatic carbocycles. The minimum atomic E-state index is -0.112. The zero-order valence-corrected chi connectivity index (χ0v) is 14.4. The summed E-state index contributed by atoms with van der Waals surface area (Å²) in [6.07, 6.45) is 2.12. The van der Waals surface area contributed by atoms with E-state index in [1.165, 1.54) is 10.5 Å². The summed E-state index contributed by atoms with van der Waals surface area (Å²) in [4.78, 5) is 19.0. The van der Waals surface area contributed by atoms with Crippen LogP contribution in [-0.2, 0) is 0 Å². The molecule has 3 nitrogen and oxygen atoms in total. The number of aliphatic imine (C=N–C) groups is 1. The van der Waals surface area contributed by atoms with Crippen LogP contribution in [0.3, 0.4) is 0 Å². The second-order valence-electron chi connectivity index (χ2n) is 4.85. The van der Waals surface area contributed by atoms with E-state index in [1.54, 1.807) is 22.9 Å². The van der Waals surface area contributed by atoms with Gasteiger partial charge in [0.05, 0.1) is 0 Å². The summed E-state index contributed by atoms with van der Waals surface area (Å²) in [7, 11) is 3.37. The molecule has 2 heterocycles. The van der Waals surface area contributed by atoms with Crippen LogP contribution in [0.4, 0.5) is 0 Å². The van der Waals surface area contributed by atoms with Crippen LogP contribution in [0.5, 0.6) is 0 Å². The highest BCUT2D eigenvalue weighted by Crippen LogP contribution is 2.58. The van der Waals surface area contributed by atoms with Gasteiger partial charge in [0.1, 0.15) is 4.99 Å². The number of benzene rings is 2. The molecule has 0 fully saturated rings. The minimum Gasteiger partial charge on any atom is -0.300 e. The topological polar surface area (TPSA) is 41.5 Å². The second-order valence-corrected chi connectivity index (χ2v) is 10.5. The lowest BCUT2D eigenvalue weighted by molar-refractivity contribution is 0.0978. The van der Waals surface area contributed by atoms with Crippen molar-refractivity contribution in [3.8, 4) is 0 Å². The zero-order valence-electron chi connectivity index (χ0n) is 11.9. The van der Waals surface area contributed by atoms with Gasteiger partial charge in [0.15, 0.2) is 5.17 Å². The van der Waals surface area contributed by atoms with Crippen LogP contribution in [-0.4, -0.2) is 16.1 Å². The summed E-state index contributed by atoms with van der Waals surface area (Å²) in [5.74, 6) is -0.112. The van der Waals surface area contributed by atoms with E-state index in [2.05, 4.69) is 28.5 Å². The molecule has 0 radical (unpaired) electrons. The SMILES string of the molecule is O=C(NC1=NC2=S(SC(c3ccccc3)=C2)S1)c1ccccc1. The summed E-state index contributed by atoms with van der Waals surface area (Å²) in [6, 6.07) is 19.5. The van der Waals surface area contributed by atoms with Gasteiger partial charge >= 0.3 is 0 Å². The van der Waals surface area contributed by atoms with E-state index in [4.69, 9.17) is 0 Å². The van der Waals surface area contributed by atoms with E-state index in [0.717, 1.165) is 4.99 Å². The maximum atomic E-state index is 12.2. The smallest absolute Gasteiger partial charge is 0.257 e. The fraction of sp³-hybridized carbons (Fsp3) is 0. The van der Waals surface area contributed by atoms with Crippen molar-refractivity contribution in [1.29, 1.82) is 0 Å². The molecule has 6 heteroatoms. The van der Waals surface area contributed by atoms with E-state index < -0.39 is 0 Å². The van der Waals surface area contributed by atoms with Crippen molar-refractivity contribution in [1.82, 2.24) is 5.32 Å². The van der Waals surface area contributed by atoms with Gasteiger partial charge in [-0.3, -0.25) is 4.79 Å². The van der Waals surface area contributed by atoms with Crippen LogP contribution in [0.25, 0.3) is 4.91 Å². The maximum absolute atomic E-state index is 12.2. The largest absolute Gasteiger partial charge is 0.300 e. The van der Waals surface area contributed by atoms with Crippen LogP contribution in [0.15, 0.2) is 71.7 Å². The molecule has 2 aliphatic heterocycles. The molecule has 0 saturated carbocycles. The molecule has 2 aromatic carbocycles. The Morgan fingerprint density at radius 2 is 1.65 bits per heavy atom. The number of hydrogen-bond acceptors (Lipinski definition) is 4. The molecule has 1 amide bonds. The molecular formula is C17H12N2OS3. The molecule has 4 rings (SSSR count). The number of nitrogens with one attached hydrogen (secondary N) is 1. The molecule has 0 bridgehead atoms. The Morgan fingerprint density at radius 1 is 0.957 bits per heavy atom. The van der Waals surface area contributed by atoms with Gasteiger partial charge < -0.3 is 5.32 Å². The maximum Gasteiger partial charge on any atom is 0.257 e. The summed E-state index contributed by atoms with van der Waals surface area (Å²) in [5, 5.41) is 3.58. The molecule has 0 spiro atoms. The average Bonchev–Trinajstić information content (AvgIpc) is 3.15. The summed E-state index contributed by atoms with van der Waals surface area (Å²) < 4.78 is 0. The second kappa shape index (κ2) is 6.39. The normalized spacial score (nSPS) is 19.1. The predicted octanol–water partition coefficient (Wildman–Crippen LogP) is 4.54. The molecule has 0 aromatic heterocycles. The summed E-state index contributed by atoms with van der Waals surface area (Å²) >= 11 is 0. The molecule has 1 N–H and O–H groups in total. The minimum absolute atomic E-state index is 0.0624. The third-order valence-electron chi connectivity index (χ3n) is 3.27. The lowest BCUT2D eigenvalue weighted by Crippen LogP contribution is -2.27. The number of nitrogens with zero attached hydrogens (tertiary/aromatic N) is 1. The highest BCUT2D eigenvalue weighted by atomic mass is 33.5. The fourth-order valence-corrected chi connectivity index (χ4v) is 8.12. The van der Waals surface area contributed by atoms with Crippen LogP contribution in [0.1, 0.15) is 15.9 Å². The van der Waals surface area contributed by atoms with Gasteiger partial charge in [0.2, 0.25) is 0 Å². The van der Waals surface area contributed by atoms with Crippen LogP contribution >= 0.6 is 30.1 Å². The molecule has 2 aromatic rings. The van der Waals surface area contributed by atoms with Crippen molar-refractivity contribution in [3.05, 3.63) is 77.9 Å². The summed E-state index contributed by atoms with van der Waals surface area (Å²) in [5.41, 5.74) is 1.87. The number of hydrogen-bond donors (Lipinski definition) is 1. The van der Waals surface area contributed by atoms with Gasteiger partial charge in [0, 0.05) is 10.5 Å². The van der Waals surface area contributed by atoms with Crippen molar-refractivity contribution in [2.24, 2.45) is 4.99 Å². The van der Waals surface area contributed by atoms with Crippen molar-refractivity contribution in [2.45, 2.75) is 0 Å². The molecule has 23 heavy (non-hydrogen) atoms. The lowest BCUT2D eigenvalue weighted by atomic mass is 10.2. The average molecular weight is 356 g/mol. The van der Waals surface area contributed by atoms with Crippen molar-refractivity contribution in [2.75, 3.05) is 0 Å². The lowest BCUT2D eigenvalue weighted by Gasteiger charge is -2.06. The fourth-order valence-electron chi connectivity index (χ4n) is 2.17. The number of rotatable bonds is 2. The Kier molecular flexibility index (Phi) is 4.11. The Balaban J connectivity index is 1.47. The van der Waals surface area contributed by atoms with E-state index in [9.17, 15) is 4.79 Å². The Hall–Kier alpha value is -1.76. The van der Waals surface area contributed by atoms with Crippen LogP contribution in [0.2, 0.25) is 0 Å². The van der Waals surface area contributed by atoms with Gasteiger partial charge in [-0.1, -0.05) is 59.3 Å². The highest BCUT2D eigenvalue weighted by Gasteiger charge is 2.26.